The van der Waals surface area contributed by atoms with Gasteiger partial charge in [-0.2, -0.15) is 0 Å². The van der Waals surface area contributed by atoms with Crippen LogP contribution in [-0.2, 0) is 0 Å². The fraction of sp³-hybridized carbons (Fsp3) is 0.375. The molecular weight excluding hydrogens is 96.1 g/mol. The standard InChI is InChI=1S/C8H9/c1-4-7-8(5-2)6-3/h2-3,8H,1,4,7H2. The Balaban J connectivity index is 3.46. The van der Waals surface area contributed by atoms with E-state index in [0.717, 1.165) is 12.8 Å². The van der Waals surface area contributed by atoms with Crippen molar-refractivity contribution in [1.82, 2.24) is 0 Å². The van der Waals surface area contributed by atoms with Crippen LogP contribution in [0.25, 0.3) is 0 Å². The first-order chi connectivity index (χ1) is 3.85. The van der Waals surface area contributed by atoms with E-state index in [0.29, 0.717) is 0 Å². The summed E-state index contributed by atoms with van der Waals surface area (Å²) < 4.78 is 0. The van der Waals surface area contributed by atoms with Crippen molar-refractivity contribution in [3.05, 3.63) is 6.92 Å². The van der Waals surface area contributed by atoms with Gasteiger partial charge in [0, 0.05) is 0 Å². The fourth-order valence-electron chi connectivity index (χ4n) is 0.419. The first kappa shape index (κ1) is 7.12. The molecule has 0 aliphatic rings. The molecule has 0 aliphatic heterocycles. The Hall–Kier alpha value is -0.880. The second-order valence-electron chi connectivity index (χ2n) is 1.53. The zero-order valence-corrected chi connectivity index (χ0v) is 4.85. The van der Waals surface area contributed by atoms with Crippen molar-refractivity contribution in [2.45, 2.75) is 12.8 Å². The molecule has 0 aromatic rings. The molecule has 0 saturated heterocycles. The first-order valence-electron chi connectivity index (χ1n) is 2.56. The van der Waals surface area contributed by atoms with E-state index in [2.05, 4.69) is 18.8 Å². The quantitative estimate of drug-likeness (QED) is 0.467. The molecular formula is C8H9. The lowest BCUT2D eigenvalue weighted by molar-refractivity contribution is 0.764. The molecule has 0 bridgehead atoms. The number of terminal acetylenes is 2. The van der Waals surface area contributed by atoms with Crippen molar-refractivity contribution < 1.29 is 0 Å². The maximum Gasteiger partial charge on any atom is 0.0806 e. The molecule has 0 atom stereocenters. The van der Waals surface area contributed by atoms with Crippen LogP contribution in [0.4, 0.5) is 0 Å². The van der Waals surface area contributed by atoms with Gasteiger partial charge in [0.2, 0.25) is 0 Å². The van der Waals surface area contributed by atoms with Crippen molar-refractivity contribution in [1.29, 1.82) is 0 Å². The molecule has 0 rings (SSSR count). The molecule has 0 spiro atoms. The summed E-state index contributed by atoms with van der Waals surface area (Å²) in [6.07, 6.45) is 11.8. The van der Waals surface area contributed by atoms with Crippen molar-refractivity contribution in [2.24, 2.45) is 5.92 Å². The van der Waals surface area contributed by atoms with Gasteiger partial charge in [0.05, 0.1) is 5.92 Å². The van der Waals surface area contributed by atoms with Crippen LogP contribution in [0.5, 0.6) is 0 Å². The fourth-order valence-corrected chi connectivity index (χ4v) is 0.419. The highest BCUT2D eigenvalue weighted by molar-refractivity contribution is 5.09. The van der Waals surface area contributed by atoms with Gasteiger partial charge >= 0.3 is 0 Å². The Morgan fingerprint density at radius 2 is 1.88 bits per heavy atom. The molecule has 0 fully saturated rings. The van der Waals surface area contributed by atoms with Crippen LogP contribution in [0, 0.1) is 37.5 Å². The number of hydrogen-bond donors (Lipinski definition) is 0. The maximum atomic E-state index is 5.05. The van der Waals surface area contributed by atoms with Gasteiger partial charge in [0.25, 0.3) is 0 Å². The minimum absolute atomic E-state index is 0.00694. The van der Waals surface area contributed by atoms with Gasteiger partial charge in [-0.05, 0) is 6.42 Å². The van der Waals surface area contributed by atoms with Gasteiger partial charge in [0.1, 0.15) is 0 Å². The molecule has 0 aromatic carbocycles. The highest BCUT2D eigenvalue weighted by atomic mass is 14.0. The van der Waals surface area contributed by atoms with E-state index in [-0.39, 0.29) is 5.92 Å². The van der Waals surface area contributed by atoms with E-state index in [4.69, 9.17) is 12.8 Å². The minimum atomic E-state index is -0.00694. The second kappa shape index (κ2) is 4.28. The van der Waals surface area contributed by atoms with Crippen molar-refractivity contribution >= 4 is 0 Å². The Labute approximate surface area is 51.3 Å². The predicted octanol–water partition coefficient (Wildman–Crippen LogP) is 1.48. The maximum absolute atomic E-state index is 5.05. The first-order valence-corrected chi connectivity index (χ1v) is 2.56. The Bertz CT molecular complexity index is 106. The summed E-state index contributed by atoms with van der Waals surface area (Å²) in [5.41, 5.74) is 0. The summed E-state index contributed by atoms with van der Waals surface area (Å²) in [4.78, 5) is 0. The normalized spacial score (nSPS) is 8.00. The summed E-state index contributed by atoms with van der Waals surface area (Å²) >= 11 is 0. The largest absolute Gasteiger partial charge is 0.119 e. The molecule has 0 nitrogen and oxygen atoms in total. The summed E-state index contributed by atoms with van der Waals surface area (Å²) in [5.74, 6) is 4.95. The molecule has 8 heavy (non-hydrogen) atoms. The van der Waals surface area contributed by atoms with Crippen LogP contribution in [0.3, 0.4) is 0 Å². The molecule has 0 amide bonds. The third kappa shape index (κ3) is 2.32. The van der Waals surface area contributed by atoms with Gasteiger partial charge in [-0.3, -0.25) is 0 Å². The van der Waals surface area contributed by atoms with Crippen LogP contribution in [0.1, 0.15) is 12.8 Å². The molecule has 41 valence electrons. The van der Waals surface area contributed by atoms with Crippen LogP contribution in [0.15, 0.2) is 0 Å². The molecule has 0 N–H and O–H groups in total. The Morgan fingerprint density at radius 1 is 1.38 bits per heavy atom. The lowest BCUT2D eigenvalue weighted by Gasteiger charge is -1.95. The SMILES string of the molecule is C#CC(C#C)CC[CH2]. The number of hydrogen-bond acceptors (Lipinski definition) is 0. The van der Waals surface area contributed by atoms with Crippen LogP contribution >= 0.6 is 0 Å². The monoisotopic (exact) mass is 105 g/mol. The van der Waals surface area contributed by atoms with Crippen molar-refractivity contribution in [3.8, 4) is 24.7 Å². The Kier molecular flexibility index (Phi) is 3.81. The van der Waals surface area contributed by atoms with E-state index in [1.54, 1.807) is 0 Å². The smallest absolute Gasteiger partial charge is 0.0806 e. The molecule has 0 saturated carbocycles. The topological polar surface area (TPSA) is 0 Å². The van der Waals surface area contributed by atoms with E-state index >= 15 is 0 Å². The van der Waals surface area contributed by atoms with Gasteiger partial charge in [0.15, 0.2) is 0 Å². The number of rotatable bonds is 2. The lowest BCUT2D eigenvalue weighted by Crippen LogP contribution is -1.89. The van der Waals surface area contributed by atoms with Gasteiger partial charge in [-0.1, -0.05) is 25.2 Å². The minimum Gasteiger partial charge on any atom is -0.119 e. The van der Waals surface area contributed by atoms with E-state index in [1.165, 1.54) is 0 Å². The van der Waals surface area contributed by atoms with E-state index in [9.17, 15) is 0 Å². The highest BCUT2D eigenvalue weighted by Crippen LogP contribution is 2.00. The van der Waals surface area contributed by atoms with Crippen LogP contribution < -0.4 is 0 Å². The third-order valence-electron chi connectivity index (χ3n) is 0.895. The molecule has 0 aromatic heterocycles. The lowest BCUT2D eigenvalue weighted by atomic mass is 10.1. The highest BCUT2D eigenvalue weighted by Gasteiger charge is 1.94. The zero-order valence-electron chi connectivity index (χ0n) is 4.85. The third-order valence-corrected chi connectivity index (χ3v) is 0.895. The van der Waals surface area contributed by atoms with Gasteiger partial charge < -0.3 is 0 Å². The van der Waals surface area contributed by atoms with Crippen molar-refractivity contribution in [3.63, 3.8) is 0 Å². The molecule has 0 unspecified atom stereocenters. The summed E-state index contributed by atoms with van der Waals surface area (Å²) in [6, 6.07) is 0. The van der Waals surface area contributed by atoms with Crippen LogP contribution in [-0.4, -0.2) is 0 Å². The van der Waals surface area contributed by atoms with Gasteiger partial charge in [-0.15, -0.1) is 12.8 Å². The molecule has 0 aliphatic carbocycles. The van der Waals surface area contributed by atoms with Crippen LogP contribution in [0.2, 0.25) is 0 Å². The Morgan fingerprint density at radius 3 is 2.00 bits per heavy atom. The average Bonchev–Trinajstić information content (AvgIpc) is 1.83. The average molecular weight is 105 g/mol. The molecule has 0 heteroatoms. The van der Waals surface area contributed by atoms with E-state index < -0.39 is 0 Å². The predicted molar refractivity (Wildman–Crippen MR) is 35.7 cm³/mol. The zero-order chi connectivity index (χ0) is 6.41. The second-order valence-corrected chi connectivity index (χ2v) is 1.53. The summed E-state index contributed by atoms with van der Waals surface area (Å²) in [7, 11) is 0. The summed E-state index contributed by atoms with van der Waals surface area (Å²) in [5, 5.41) is 0. The molecule has 0 heterocycles. The van der Waals surface area contributed by atoms with E-state index in [1.807, 2.05) is 0 Å². The van der Waals surface area contributed by atoms with Gasteiger partial charge in [-0.25, -0.2) is 0 Å². The molecule has 1 radical (unpaired) electrons. The van der Waals surface area contributed by atoms with Crippen molar-refractivity contribution in [2.75, 3.05) is 0 Å². The summed E-state index contributed by atoms with van der Waals surface area (Å²) in [6.45, 7) is 3.63.